The molecule has 0 aromatic heterocycles. The molecule has 0 bridgehead atoms. The van der Waals surface area contributed by atoms with Crippen molar-refractivity contribution < 1.29 is 22.0 Å². The lowest BCUT2D eigenvalue weighted by molar-refractivity contribution is 0.0954. The van der Waals surface area contributed by atoms with E-state index in [0.717, 1.165) is 28.3 Å². The van der Waals surface area contributed by atoms with Crippen molar-refractivity contribution in [2.45, 2.75) is 6.92 Å². The molecule has 0 spiro atoms. The molecule has 0 radical (unpaired) electrons. The molecule has 2 aromatic carbocycles. The van der Waals surface area contributed by atoms with E-state index in [4.69, 9.17) is 0 Å². The zero-order valence-electron chi connectivity index (χ0n) is 13.8. The summed E-state index contributed by atoms with van der Waals surface area (Å²) in [6.07, 6.45) is 0.956. The standard InChI is InChI=1S/C17H18F2N2O3S/c1-12-5-3-4-6-14(12)17(22)20-9-10-21(25(2,23)24)13-7-8-15(18)16(19)11-13/h3-8,11H,9-10H2,1-2H3,(H,20,22). The summed E-state index contributed by atoms with van der Waals surface area (Å²) in [6, 6.07) is 9.82. The van der Waals surface area contributed by atoms with Gasteiger partial charge in [0.15, 0.2) is 11.6 Å². The van der Waals surface area contributed by atoms with Gasteiger partial charge in [0, 0.05) is 18.2 Å². The second-order valence-corrected chi connectivity index (χ2v) is 7.41. The Morgan fingerprint density at radius 2 is 1.80 bits per heavy atom. The summed E-state index contributed by atoms with van der Waals surface area (Å²) in [5, 5.41) is 2.63. The van der Waals surface area contributed by atoms with Crippen LogP contribution >= 0.6 is 0 Å². The Labute approximate surface area is 145 Å². The lowest BCUT2D eigenvalue weighted by atomic mass is 10.1. The minimum atomic E-state index is -3.73. The molecule has 0 fully saturated rings. The number of benzene rings is 2. The van der Waals surface area contributed by atoms with Crippen LogP contribution in [0.25, 0.3) is 0 Å². The van der Waals surface area contributed by atoms with Crippen molar-refractivity contribution in [2.75, 3.05) is 23.7 Å². The van der Waals surface area contributed by atoms with Crippen LogP contribution in [0.2, 0.25) is 0 Å². The molecule has 2 aromatic rings. The van der Waals surface area contributed by atoms with Gasteiger partial charge in [-0.25, -0.2) is 17.2 Å². The Morgan fingerprint density at radius 3 is 2.40 bits per heavy atom. The van der Waals surface area contributed by atoms with Crippen LogP contribution in [0.5, 0.6) is 0 Å². The predicted octanol–water partition coefficient (Wildman–Crippen LogP) is 2.47. The lowest BCUT2D eigenvalue weighted by Gasteiger charge is -2.22. The van der Waals surface area contributed by atoms with Crippen LogP contribution in [0.15, 0.2) is 42.5 Å². The van der Waals surface area contributed by atoms with Gasteiger partial charge in [-0.3, -0.25) is 9.10 Å². The number of halogens is 2. The number of sulfonamides is 1. The van der Waals surface area contributed by atoms with Gasteiger partial charge < -0.3 is 5.32 Å². The summed E-state index contributed by atoms with van der Waals surface area (Å²) >= 11 is 0. The predicted molar refractivity (Wildman–Crippen MR) is 92.1 cm³/mol. The van der Waals surface area contributed by atoms with E-state index in [9.17, 15) is 22.0 Å². The van der Waals surface area contributed by atoms with Crippen LogP contribution < -0.4 is 9.62 Å². The van der Waals surface area contributed by atoms with Crippen LogP contribution in [-0.2, 0) is 10.0 Å². The van der Waals surface area contributed by atoms with Gasteiger partial charge in [-0.1, -0.05) is 18.2 Å². The van der Waals surface area contributed by atoms with E-state index in [2.05, 4.69) is 5.32 Å². The van der Waals surface area contributed by atoms with Gasteiger partial charge in [0.05, 0.1) is 18.5 Å². The largest absolute Gasteiger partial charge is 0.350 e. The smallest absolute Gasteiger partial charge is 0.251 e. The molecule has 134 valence electrons. The number of hydrogen-bond donors (Lipinski definition) is 1. The first-order chi connectivity index (χ1) is 11.7. The van der Waals surface area contributed by atoms with Crippen molar-refractivity contribution in [1.29, 1.82) is 0 Å². The molecule has 25 heavy (non-hydrogen) atoms. The Hall–Kier alpha value is -2.48. The van der Waals surface area contributed by atoms with Gasteiger partial charge in [0.25, 0.3) is 5.91 Å². The van der Waals surface area contributed by atoms with E-state index >= 15 is 0 Å². The van der Waals surface area contributed by atoms with Gasteiger partial charge in [-0.15, -0.1) is 0 Å². The number of anilines is 1. The fraction of sp³-hybridized carbons (Fsp3) is 0.235. The van der Waals surface area contributed by atoms with E-state index in [0.29, 0.717) is 5.56 Å². The zero-order valence-corrected chi connectivity index (χ0v) is 14.6. The highest BCUT2D eigenvalue weighted by atomic mass is 32.2. The topological polar surface area (TPSA) is 66.5 Å². The summed E-state index contributed by atoms with van der Waals surface area (Å²) < 4.78 is 51.2. The molecule has 2 rings (SSSR count). The van der Waals surface area contributed by atoms with Crippen LogP contribution in [-0.4, -0.2) is 33.7 Å². The number of hydrogen-bond acceptors (Lipinski definition) is 3. The molecule has 0 aliphatic rings. The van der Waals surface area contributed by atoms with E-state index in [1.54, 1.807) is 31.2 Å². The summed E-state index contributed by atoms with van der Waals surface area (Å²) in [5.74, 6) is -2.54. The van der Waals surface area contributed by atoms with Crippen LogP contribution in [0.3, 0.4) is 0 Å². The van der Waals surface area contributed by atoms with Gasteiger partial charge >= 0.3 is 0 Å². The number of rotatable bonds is 6. The number of nitrogens with zero attached hydrogens (tertiary/aromatic N) is 1. The Balaban J connectivity index is 2.10. The molecule has 0 atom stereocenters. The molecular formula is C17H18F2N2O3S. The normalized spacial score (nSPS) is 11.2. The number of carbonyl (C=O) groups is 1. The molecule has 0 unspecified atom stereocenters. The second kappa shape index (κ2) is 7.60. The average molecular weight is 368 g/mol. The lowest BCUT2D eigenvalue weighted by Crippen LogP contribution is -2.38. The van der Waals surface area contributed by atoms with E-state index in [1.165, 1.54) is 6.07 Å². The minimum absolute atomic E-state index is 0.00783. The Morgan fingerprint density at radius 1 is 1.12 bits per heavy atom. The maximum Gasteiger partial charge on any atom is 0.251 e. The van der Waals surface area contributed by atoms with Crippen molar-refractivity contribution in [3.05, 3.63) is 65.2 Å². The van der Waals surface area contributed by atoms with Gasteiger partial charge in [0.1, 0.15) is 0 Å². The Bertz CT molecular complexity index is 885. The third-order valence-corrected chi connectivity index (χ3v) is 4.78. The molecule has 0 heterocycles. The first-order valence-electron chi connectivity index (χ1n) is 7.47. The zero-order chi connectivity index (χ0) is 18.6. The van der Waals surface area contributed by atoms with Crippen molar-refractivity contribution in [3.8, 4) is 0 Å². The molecule has 0 aliphatic heterocycles. The first kappa shape index (κ1) is 18.9. The van der Waals surface area contributed by atoms with Crippen LogP contribution in [0.4, 0.5) is 14.5 Å². The summed E-state index contributed by atoms with van der Waals surface area (Å²) in [6.45, 7) is 1.69. The van der Waals surface area contributed by atoms with Crippen LogP contribution in [0.1, 0.15) is 15.9 Å². The molecule has 0 saturated carbocycles. The van der Waals surface area contributed by atoms with E-state index in [-0.39, 0.29) is 24.7 Å². The second-order valence-electron chi connectivity index (χ2n) is 5.50. The minimum Gasteiger partial charge on any atom is -0.350 e. The van der Waals surface area contributed by atoms with Crippen LogP contribution in [0, 0.1) is 18.6 Å². The fourth-order valence-electron chi connectivity index (χ4n) is 2.32. The van der Waals surface area contributed by atoms with Crippen molar-refractivity contribution in [2.24, 2.45) is 0 Å². The quantitative estimate of drug-likeness (QED) is 0.852. The third kappa shape index (κ3) is 4.76. The number of aryl methyl sites for hydroxylation is 1. The summed E-state index contributed by atoms with van der Waals surface area (Å²) in [5.41, 5.74) is 1.27. The fourth-order valence-corrected chi connectivity index (χ4v) is 3.24. The molecule has 1 N–H and O–H groups in total. The summed E-state index contributed by atoms with van der Waals surface area (Å²) in [4.78, 5) is 12.1. The summed E-state index contributed by atoms with van der Waals surface area (Å²) in [7, 11) is -3.73. The van der Waals surface area contributed by atoms with Crippen molar-refractivity contribution >= 4 is 21.6 Å². The maximum absolute atomic E-state index is 13.4. The van der Waals surface area contributed by atoms with Crippen molar-refractivity contribution in [1.82, 2.24) is 5.32 Å². The van der Waals surface area contributed by atoms with Gasteiger partial charge in [-0.2, -0.15) is 0 Å². The molecule has 8 heteroatoms. The molecule has 0 saturated heterocycles. The number of nitrogens with one attached hydrogen (secondary N) is 1. The van der Waals surface area contributed by atoms with Gasteiger partial charge in [-0.05, 0) is 30.7 Å². The first-order valence-corrected chi connectivity index (χ1v) is 9.31. The van der Waals surface area contributed by atoms with Gasteiger partial charge in [0.2, 0.25) is 10.0 Å². The highest BCUT2D eigenvalue weighted by molar-refractivity contribution is 7.92. The monoisotopic (exact) mass is 368 g/mol. The van der Waals surface area contributed by atoms with E-state index in [1.807, 2.05) is 0 Å². The number of amides is 1. The Kier molecular flexibility index (Phi) is 5.73. The number of carbonyl (C=O) groups excluding carboxylic acids is 1. The molecule has 5 nitrogen and oxygen atoms in total. The molecule has 0 aliphatic carbocycles. The maximum atomic E-state index is 13.4. The highest BCUT2D eigenvalue weighted by Crippen LogP contribution is 2.20. The SMILES string of the molecule is Cc1ccccc1C(=O)NCCN(c1ccc(F)c(F)c1)S(C)(=O)=O. The van der Waals surface area contributed by atoms with Crippen molar-refractivity contribution in [3.63, 3.8) is 0 Å². The third-order valence-electron chi connectivity index (χ3n) is 3.58. The van der Waals surface area contributed by atoms with E-state index < -0.39 is 21.7 Å². The molecule has 1 amide bonds. The molecular weight excluding hydrogens is 350 g/mol. The highest BCUT2D eigenvalue weighted by Gasteiger charge is 2.19. The average Bonchev–Trinajstić information content (AvgIpc) is 2.53.